The van der Waals surface area contributed by atoms with Gasteiger partial charge in [0, 0.05) is 12.1 Å². The van der Waals surface area contributed by atoms with Crippen LogP contribution >= 0.6 is 0 Å². The van der Waals surface area contributed by atoms with Crippen LogP contribution in [0.1, 0.15) is 23.2 Å². The second-order valence-corrected chi connectivity index (χ2v) is 5.71. The van der Waals surface area contributed by atoms with Crippen molar-refractivity contribution in [1.29, 1.82) is 0 Å². The Morgan fingerprint density at radius 1 is 1.17 bits per heavy atom. The lowest BCUT2D eigenvalue weighted by atomic mass is 10.2. The van der Waals surface area contributed by atoms with Crippen LogP contribution in [0, 0.1) is 5.82 Å². The number of furan rings is 1. The number of benzene rings is 1. The quantitative estimate of drug-likeness (QED) is 0.720. The molecule has 0 N–H and O–H groups in total. The summed E-state index contributed by atoms with van der Waals surface area (Å²) >= 11 is 0. The Morgan fingerprint density at radius 2 is 2.08 bits per heavy atom. The summed E-state index contributed by atoms with van der Waals surface area (Å²) in [5.74, 6) is 0.635. The molecule has 1 fully saturated rings. The van der Waals surface area contributed by atoms with Crippen molar-refractivity contribution in [3.05, 3.63) is 71.7 Å². The number of aromatic nitrogens is 3. The van der Waals surface area contributed by atoms with Crippen molar-refractivity contribution < 1.29 is 13.5 Å². The minimum absolute atomic E-state index is 0.244. The lowest BCUT2D eigenvalue weighted by molar-refractivity contribution is 0.0223. The van der Waals surface area contributed by atoms with E-state index >= 15 is 0 Å². The van der Waals surface area contributed by atoms with Crippen LogP contribution in [0.15, 0.2) is 53.3 Å². The largest absolute Gasteiger partial charge is 0.468 e. The minimum Gasteiger partial charge on any atom is -0.468 e. The molecule has 1 aliphatic heterocycles. The van der Waals surface area contributed by atoms with E-state index in [9.17, 15) is 4.39 Å². The Morgan fingerprint density at radius 3 is 2.92 bits per heavy atom. The Labute approximate surface area is 138 Å². The molecule has 0 bridgehead atoms. The van der Waals surface area contributed by atoms with E-state index < -0.39 is 0 Å². The highest BCUT2D eigenvalue weighted by molar-refractivity contribution is 5.17. The third-order valence-electron chi connectivity index (χ3n) is 4.02. The van der Waals surface area contributed by atoms with Crippen molar-refractivity contribution in [2.45, 2.75) is 19.3 Å². The molecule has 0 aliphatic carbocycles. The van der Waals surface area contributed by atoms with E-state index in [-0.39, 0.29) is 12.0 Å². The second kappa shape index (κ2) is 6.54. The summed E-state index contributed by atoms with van der Waals surface area (Å²) in [6.07, 6.45) is 3.20. The molecule has 0 unspecified atom stereocenters. The fourth-order valence-corrected chi connectivity index (χ4v) is 2.85. The first kappa shape index (κ1) is 15.0. The van der Waals surface area contributed by atoms with Crippen LogP contribution in [-0.4, -0.2) is 33.0 Å². The number of halogens is 1. The molecular weight excluding hydrogens is 311 g/mol. The van der Waals surface area contributed by atoms with E-state index in [0.29, 0.717) is 25.3 Å². The molecule has 1 aliphatic rings. The van der Waals surface area contributed by atoms with Gasteiger partial charge in [0.2, 0.25) is 0 Å². The maximum Gasteiger partial charge on any atom is 0.157 e. The molecule has 0 amide bonds. The molecule has 1 aromatic carbocycles. The first-order valence-corrected chi connectivity index (χ1v) is 7.81. The Balaban J connectivity index is 1.48. The first-order chi connectivity index (χ1) is 11.8. The average molecular weight is 328 g/mol. The minimum atomic E-state index is -0.260. The lowest BCUT2D eigenvalue weighted by Gasteiger charge is -2.19. The van der Waals surface area contributed by atoms with E-state index in [0.717, 1.165) is 18.0 Å². The highest BCUT2D eigenvalue weighted by Gasteiger charge is 2.30. The zero-order valence-corrected chi connectivity index (χ0v) is 13.0. The molecule has 4 rings (SSSR count). The molecule has 7 heteroatoms. The third-order valence-corrected chi connectivity index (χ3v) is 4.02. The van der Waals surface area contributed by atoms with E-state index in [1.165, 1.54) is 6.07 Å². The van der Waals surface area contributed by atoms with E-state index in [1.54, 1.807) is 35.3 Å². The molecule has 1 saturated heterocycles. The lowest BCUT2D eigenvalue weighted by Crippen LogP contribution is -2.23. The standard InChI is InChI=1S/C17H17FN4O2/c18-15-6-2-1-4-13(15)10-22-12-16(19-20-22)17-21(7-9-24-17)11-14-5-3-8-23-14/h1-6,8,12,17H,7,9-11H2/t17-/m1/s1. The van der Waals surface area contributed by atoms with E-state index in [1.807, 2.05) is 12.1 Å². The van der Waals surface area contributed by atoms with Crippen molar-refractivity contribution in [2.75, 3.05) is 13.2 Å². The Hall–Kier alpha value is -2.51. The molecule has 124 valence electrons. The van der Waals surface area contributed by atoms with Crippen molar-refractivity contribution >= 4 is 0 Å². The maximum absolute atomic E-state index is 13.8. The van der Waals surface area contributed by atoms with Gasteiger partial charge in [-0.1, -0.05) is 23.4 Å². The maximum atomic E-state index is 13.8. The fourth-order valence-electron chi connectivity index (χ4n) is 2.85. The van der Waals surface area contributed by atoms with Crippen LogP contribution in [0.2, 0.25) is 0 Å². The van der Waals surface area contributed by atoms with Crippen LogP contribution in [-0.2, 0) is 17.8 Å². The van der Waals surface area contributed by atoms with Gasteiger partial charge in [-0.3, -0.25) is 4.90 Å². The summed E-state index contributed by atoms with van der Waals surface area (Å²) in [6, 6.07) is 10.5. The van der Waals surface area contributed by atoms with E-state index in [4.69, 9.17) is 9.15 Å². The zero-order chi connectivity index (χ0) is 16.4. The molecule has 3 aromatic rings. The summed E-state index contributed by atoms with van der Waals surface area (Å²) < 4.78 is 26.6. The number of hydrogen-bond acceptors (Lipinski definition) is 5. The van der Waals surface area contributed by atoms with Crippen molar-refractivity contribution in [2.24, 2.45) is 0 Å². The summed E-state index contributed by atoms with van der Waals surface area (Å²) in [6.45, 7) is 2.42. The zero-order valence-electron chi connectivity index (χ0n) is 13.0. The third kappa shape index (κ3) is 3.08. The van der Waals surface area contributed by atoms with Gasteiger partial charge in [-0.2, -0.15) is 0 Å². The van der Waals surface area contributed by atoms with Crippen molar-refractivity contribution in [3.8, 4) is 0 Å². The fraction of sp³-hybridized carbons (Fsp3) is 0.294. The Bertz CT molecular complexity index is 803. The van der Waals surface area contributed by atoms with Gasteiger partial charge in [0.15, 0.2) is 6.23 Å². The summed E-state index contributed by atoms with van der Waals surface area (Å²) in [5.41, 5.74) is 1.30. The van der Waals surface area contributed by atoms with Crippen LogP contribution < -0.4 is 0 Å². The molecule has 3 heterocycles. The van der Waals surface area contributed by atoms with Gasteiger partial charge < -0.3 is 9.15 Å². The molecule has 6 nitrogen and oxygen atoms in total. The van der Waals surface area contributed by atoms with Crippen molar-refractivity contribution in [3.63, 3.8) is 0 Å². The average Bonchev–Trinajstić information content (AvgIpc) is 3.32. The number of hydrogen-bond donors (Lipinski definition) is 0. The van der Waals surface area contributed by atoms with Gasteiger partial charge in [-0.25, -0.2) is 9.07 Å². The number of rotatable bonds is 5. The van der Waals surface area contributed by atoms with Crippen LogP contribution in [0.5, 0.6) is 0 Å². The molecule has 24 heavy (non-hydrogen) atoms. The monoisotopic (exact) mass is 328 g/mol. The molecule has 1 atom stereocenters. The first-order valence-electron chi connectivity index (χ1n) is 7.81. The second-order valence-electron chi connectivity index (χ2n) is 5.71. The highest BCUT2D eigenvalue weighted by Crippen LogP contribution is 2.27. The van der Waals surface area contributed by atoms with E-state index in [2.05, 4.69) is 15.2 Å². The van der Waals surface area contributed by atoms with Gasteiger partial charge in [-0.15, -0.1) is 5.10 Å². The highest BCUT2D eigenvalue weighted by atomic mass is 19.1. The summed E-state index contributed by atoms with van der Waals surface area (Å²) in [5, 5.41) is 8.30. The van der Waals surface area contributed by atoms with Crippen LogP contribution in [0.4, 0.5) is 4.39 Å². The van der Waals surface area contributed by atoms with Gasteiger partial charge >= 0.3 is 0 Å². The number of ether oxygens (including phenoxy) is 1. The molecule has 0 radical (unpaired) electrons. The van der Waals surface area contributed by atoms with Gasteiger partial charge in [0.05, 0.1) is 32.2 Å². The predicted octanol–water partition coefficient (Wildman–Crippen LogP) is 2.59. The summed E-state index contributed by atoms with van der Waals surface area (Å²) in [4.78, 5) is 2.14. The van der Waals surface area contributed by atoms with Crippen LogP contribution in [0.25, 0.3) is 0 Å². The molecule has 0 saturated carbocycles. The topological polar surface area (TPSA) is 56.3 Å². The normalized spacial score (nSPS) is 18.3. The van der Waals surface area contributed by atoms with Crippen LogP contribution in [0.3, 0.4) is 0 Å². The predicted molar refractivity (Wildman–Crippen MR) is 83.3 cm³/mol. The smallest absolute Gasteiger partial charge is 0.157 e. The SMILES string of the molecule is Fc1ccccc1Cn1cc([C@H]2OCCN2Cc2ccco2)nn1. The van der Waals surface area contributed by atoms with Gasteiger partial charge in [0.25, 0.3) is 0 Å². The van der Waals surface area contributed by atoms with Gasteiger partial charge in [-0.05, 0) is 18.2 Å². The molecular formula is C17H17FN4O2. The Kier molecular flexibility index (Phi) is 4.10. The van der Waals surface area contributed by atoms with Crippen molar-refractivity contribution in [1.82, 2.24) is 19.9 Å². The molecule has 2 aromatic heterocycles. The summed E-state index contributed by atoms with van der Waals surface area (Å²) in [7, 11) is 0. The number of nitrogens with zero attached hydrogens (tertiary/aromatic N) is 4. The van der Waals surface area contributed by atoms with Gasteiger partial charge in [0.1, 0.15) is 17.3 Å². The molecule has 0 spiro atoms.